The lowest BCUT2D eigenvalue weighted by atomic mass is 9.82. The van der Waals surface area contributed by atoms with Crippen molar-refractivity contribution in [3.63, 3.8) is 0 Å². The molecule has 0 spiro atoms. The number of carbonyl (C=O) groups is 1. The van der Waals surface area contributed by atoms with Gasteiger partial charge in [0, 0.05) is 15.5 Å². The van der Waals surface area contributed by atoms with Gasteiger partial charge in [0.15, 0.2) is 0 Å². The van der Waals surface area contributed by atoms with Crippen molar-refractivity contribution in [2.75, 3.05) is 6.61 Å². The Morgan fingerprint density at radius 1 is 1.48 bits per heavy atom. The van der Waals surface area contributed by atoms with E-state index in [9.17, 15) is 19.3 Å². The first-order valence-corrected chi connectivity index (χ1v) is 6.93. The zero-order valence-electron chi connectivity index (χ0n) is 12.0. The maximum Gasteiger partial charge on any atom is 0.382 e. The van der Waals surface area contributed by atoms with Crippen LogP contribution in [0.3, 0.4) is 0 Å². The number of benzene rings is 1. The monoisotopic (exact) mass is 317 g/mol. The first-order valence-electron chi connectivity index (χ1n) is 6.55. The van der Waals surface area contributed by atoms with E-state index in [0.29, 0.717) is 0 Å². The average Bonchev–Trinajstić information content (AvgIpc) is 2.36. The van der Waals surface area contributed by atoms with Gasteiger partial charge in [0.2, 0.25) is 0 Å². The molecule has 0 N–H and O–H groups in total. The minimum atomic E-state index is -1.70. The minimum absolute atomic E-state index is 0.0129. The molecule has 0 bridgehead atoms. The number of halogens is 2. The summed E-state index contributed by atoms with van der Waals surface area (Å²) in [6.45, 7) is 4.90. The molecule has 0 fully saturated rings. The fourth-order valence-electron chi connectivity index (χ4n) is 2.28. The number of hydrogen-bond acceptors (Lipinski definition) is 4. The van der Waals surface area contributed by atoms with E-state index in [-0.39, 0.29) is 23.1 Å². The predicted molar refractivity (Wildman–Crippen MR) is 76.4 cm³/mol. The van der Waals surface area contributed by atoms with Gasteiger partial charge in [-0.15, -0.1) is 0 Å². The molecule has 0 amide bonds. The number of hydrogen-bond donors (Lipinski definition) is 0. The van der Waals surface area contributed by atoms with Crippen LogP contribution in [-0.2, 0) is 9.53 Å². The molecule has 21 heavy (non-hydrogen) atoms. The first-order chi connectivity index (χ1) is 9.81. The summed E-state index contributed by atoms with van der Waals surface area (Å²) >= 11 is 5.98. The third kappa shape index (κ3) is 3.91. The highest BCUT2D eigenvalue weighted by molar-refractivity contribution is 6.31. The molecular weight excluding hydrogens is 301 g/mol. The number of ether oxygens (including phenoxy) is 1. The zero-order valence-corrected chi connectivity index (χ0v) is 12.8. The summed E-state index contributed by atoms with van der Waals surface area (Å²) in [6.07, 6.45) is 0. The molecular formula is C14H17ClFNO4. The number of carbonyl (C=O) groups excluding carboxylic acids is 1. The Hall–Kier alpha value is -1.69. The molecule has 0 aliphatic carbocycles. The summed E-state index contributed by atoms with van der Waals surface area (Å²) in [5.74, 6) is -3.04. The molecule has 2 atom stereocenters. The lowest BCUT2D eigenvalue weighted by Gasteiger charge is -2.24. The van der Waals surface area contributed by atoms with Crippen LogP contribution in [0.5, 0.6) is 0 Å². The molecule has 0 aromatic heterocycles. The highest BCUT2D eigenvalue weighted by Gasteiger charge is 2.44. The largest absolute Gasteiger partial charge is 0.461 e. The van der Waals surface area contributed by atoms with Crippen LogP contribution in [0.1, 0.15) is 32.3 Å². The first kappa shape index (κ1) is 17.4. The van der Waals surface area contributed by atoms with Crippen LogP contribution >= 0.6 is 11.6 Å². The van der Waals surface area contributed by atoms with Crippen molar-refractivity contribution < 1.29 is 18.8 Å². The fraction of sp³-hybridized carbons (Fsp3) is 0.500. The van der Waals surface area contributed by atoms with E-state index in [2.05, 4.69) is 0 Å². The molecule has 0 aliphatic rings. The molecule has 0 saturated carbocycles. The molecule has 0 saturated heterocycles. The van der Waals surface area contributed by atoms with E-state index in [4.69, 9.17) is 16.3 Å². The van der Waals surface area contributed by atoms with Gasteiger partial charge in [-0.1, -0.05) is 31.5 Å². The molecule has 116 valence electrons. The van der Waals surface area contributed by atoms with Crippen molar-refractivity contribution in [2.24, 2.45) is 5.92 Å². The van der Waals surface area contributed by atoms with Crippen LogP contribution in [0.25, 0.3) is 0 Å². The van der Waals surface area contributed by atoms with Crippen molar-refractivity contribution >= 4 is 17.6 Å². The van der Waals surface area contributed by atoms with Gasteiger partial charge in [-0.3, -0.25) is 10.1 Å². The number of nitro groups is 1. The van der Waals surface area contributed by atoms with E-state index in [1.54, 1.807) is 20.8 Å². The minimum Gasteiger partial charge on any atom is -0.461 e. The van der Waals surface area contributed by atoms with E-state index in [1.807, 2.05) is 0 Å². The Kier molecular flexibility index (Phi) is 6.08. The van der Waals surface area contributed by atoms with Gasteiger partial charge < -0.3 is 4.74 Å². The van der Waals surface area contributed by atoms with Gasteiger partial charge in [-0.25, -0.2) is 9.18 Å². The second-order valence-electron chi connectivity index (χ2n) is 4.89. The maximum atomic E-state index is 14.1. The fourth-order valence-corrected chi connectivity index (χ4v) is 2.57. The van der Waals surface area contributed by atoms with Gasteiger partial charge in [0.05, 0.1) is 12.5 Å². The van der Waals surface area contributed by atoms with Gasteiger partial charge in [-0.2, -0.15) is 0 Å². The Morgan fingerprint density at radius 3 is 2.52 bits per heavy atom. The predicted octanol–water partition coefficient (Wildman–Crippen LogP) is 3.43. The molecule has 5 nitrogen and oxygen atoms in total. The Bertz CT molecular complexity index is 515. The van der Waals surface area contributed by atoms with Crippen LogP contribution in [-0.4, -0.2) is 23.5 Å². The molecule has 0 heterocycles. The van der Waals surface area contributed by atoms with Crippen LogP contribution in [0.2, 0.25) is 5.02 Å². The van der Waals surface area contributed by atoms with Gasteiger partial charge in [0.1, 0.15) is 5.82 Å². The van der Waals surface area contributed by atoms with Gasteiger partial charge in [-0.05, 0) is 25.0 Å². The van der Waals surface area contributed by atoms with Crippen LogP contribution in [0.15, 0.2) is 18.2 Å². The summed E-state index contributed by atoms with van der Waals surface area (Å²) in [6, 6.07) is 2.32. The average molecular weight is 318 g/mol. The van der Waals surface area contributed by atoms with Crippen molar-refractivity contribution in [3.8, 4) is 0 Å². The number of nitrogens with zero attached hydrogens (tertiary/aromatic N) is 1. The molecule has 0 aliphatic heterocycles. The van der Waals surface area contributed by atoms with Crippen molar-refractivity contribution in [3.05, 3.63) is 44.7 Å². The zero-order chi connectivity index (χ0) is 16.2. The topological polar surface area (TPSA) is 69.4 Å². The highest BCUT2D eigenvalue weighted by Crippen LogP contribution is 2.36. The third-order valence-electron chi connectivity index (χ3n) is 3.15. The molecule has 7 heteroatoms. The quantitative estimate of drug-likeness (QED) is 0.458. The highest BCUT2D eigenvalue weighted by atomic mass is 35.5. The van der Waals surface area contributed by atoms with Crippen molar-refractivity contribution in [1.29, 1.82) is 0 Å². The normalized spacial score (nSPS) is 13.8. The van der Waals surface area contributed by atoms with Gasteiger partial charge >= 0.3 is 12.0 Å². The summed E-state index contributed by atoms with van der Waals surface area (Å²) in [4.78, 5) is 22.4. The Labute approximate surface area is 127 Å². The summed E-state index contributed by atoms with van der Waals surface area (Å²) < 4.78 is 18.8. The van der Waals surface area contributed by atoms with E-state index in [1.165, 1.54) is 18.2 Å². The summed E-state index contributed by atoms with van der Waals surface area (Å²) in [5, 5.41) is 11.4. The lowest BCUT2D eigenvalue weighted by molar-refractivity contribution is -0.516. The number of esters is 1. The van der Waals surface area contributed by atoms with E-state index < -0.39 is 28.7 Å². The van der Waals surface area contributed by atoms with Gasteiger partial charge in [0.25, 0.3) is 0 Å². The van der Waals surface area contributed by atoms with Crippen molar-refractivity contribution in [1.82, 2.24) is 0 Å². The Morgan fingerprint density at radius 2 is 2.10 bits per heavy atom. The second-order valence-corrected chi connectivity index (χ2v) is 5.29. The summed E-state index contributed by atoms with van der Waals surface area (Å²) in [7, 11) is 0. The Balaban J connectivity index is 3.39. The van der Waals surface area contributed by atoms with Crippen molar-refractivity contribution in [2.45, 2.75) is 32.7 Å². The lowest BCUT2D eigenvalue weighted by Crippen LogP contribution is -2.40. The molecule has 1 aromatic rings. The SMILES string of the molecule is CCOC(=O)C(C(c1c(F)cccc1Cl)C(C)C)[N+](=O)[O-]. The molecule has 1 rings (SSSR count). The standard InChI is InChI=1S/C14H17ClFNO4/c1-4-21-14(18)13(17(19)20)11(8(2)3)12-9(15)6-5-7-10(12)16/h5-8,11,13H,4H2,1-3H3. The van der Waals surface area contributed by atoms with Crippen LogP contribution in [0, 0.1) is 21.8 Å². The van der Waals surface area contributed by atoms with E-state index in [0.717, 1.165) is 0 Å². The molecule has 1 aromatic carbocycles. The van der Waals surface area contributed by atoms with Crippen LogP contribution in [0.4, 0.5) is 4.39 Å². The third-order valence-corrected chi connectivity index (χ3v) is 3.48. The molecule has 0 radical (unpaired) electrons. The van der Waals surface area contributed by atoms with Crippen LogP contribution < -0.4 is 0 Å². The smallest absolute Gasteiger partial charge is 0.382 e. The maximum absolute atomic E-state index is 14.1. The summed E-state index contributed by atoms with van der Waals surface area (Å²) in [5.41, 5.74) is -0.0241. The second kappa shape index (κ2) is 7.36. The van der Waals surface area contributed by atoms with E-state index >= 15 is 0 Å². The molecule has 2 unspecified atom stereocenters. The number of rotatable bonds is 6.